The minimum absolute atomic E-state index is 0.129. The lowest BCUT2D eigenvalue weighted by molar-refractivity contribution is -0.142. The summed E-state index contributed by atoms with van der Waals surface area (Å²) < 4.78 is 0. The molecule has 1 amide bonds. The number of rotatable bonds is 14. The molecule has 0 radical (unpaired) electrons. The Kier molecular flexibility index (Phi) is 12.9. The van der Waals surface area contributed by atoms with Crippen molar-refractivity contribution in [3.63, 3.8) is 0 Å². The van der Waals surface area contributed by atoms with Crippen LogP contribution in [0, 0.1) is 5.92 Å². The summed E-state index contributed by atoms with van der Waals surface area (Å²) >= 11 is 0. The van der Waals surface area contributed by atoms with Crippen molar-refractivity contribution in [1.29, 1.82) is 0 Å². The van der Waals surface area contributed by atoms with Crippen molar-refractivity contribution in [2.45, 2.75) is 97.4 Å². The van der Waals surface area contributed by atoms with E-state index in [2.05, 4.69) is 12.2 Å². The van der Waals surface area contributed by atoms with Crippen LogP contribution in [0.25, 0.3) is 0 Å². The standard InChI is InChI=1S/C18H35NO3/c1-4-5-6-7-8-9-10-11-12-13-17(20)19-16(18(21)22)14-15(2)3/h15-16H,4-14H2,1-3H3,(H,19,20)(H,21,22)/t16-/m0/s1. The van der Waals surface area contributed by atoms with Crippen molar-refractivity contribution < 1.29 is 14.7 Å². The van der Waals surface area contributed by atoms with Gasteiger partial charge in [-0.25, -0.2) is 4.79 Å². The summed E-state index contributed by atoms with van der Waals surface area (Å²) in [5.41, 5.74) is 0. The molecule has 22 heavy (non-hydrogen) atoms. The molecule has 0 aliphatic heterocycles. The van der Waals surface area contributed by atoms with Crippen molar-refractivity contribution in [2.24, 2.45) is 5.92 Å². The molecule has 0 heterocycles. The highest BCUT2D eigenvalue weighted by Gasteiger charge is 2.20. The van der Waals surface area contributed by atoms with Gasteiger partial charge in [0.2, 0.25) is 5.91 Å². The Labute approximate surface area is 136 Å². The molecule has 4 nitrogen and oxygen atoms in total. The molecule has 0 aliphatic carbocycles. The lowest BCUT2D eigenvalue weighted by Crippen LogP contribution is -2.41. The fraction of sp³-hybridized carbons (Fsp3) is 0.889. The van der Waals surface area contributed by atoms with Crippen LogP contribution < -0.4 is 5.32 Å². The Hall–Kier alpha value is -1.06. The molecule has 0 aromatic heterocycles. The zero-order chi connectivity index (χ0) is 16.8. The third-order valence-corrected chi connectivity index (χ3v) is 3.85. The number of unbranched alkanes of at least 4 members (excludes halogenated alkanes) is 8. The number of aliphatic carboxylic acids is 1. The first-order valence-electron chi connectivity index (χ1n) is 8.99. The van der Waals surface area contributed by atoms with E-state index in [-0.39, 0.29) is 11.8 Å². The summed E-state index contributed by atoms with van der Waals surface area (Å²) in [4.78, 5) is 22.9. The van der Waals surface area contributed by atoms with Crippen molar-refractivity contribution in [3.8, 4) is 0 Å². The van der Waals surface area contributed by atoms with E-state index < -0.39 is 12.0 Å². The van der Waals surface area contributed by atoms with E-state index in [4.69, 9.17) is 5.11 Å². The smallest absolute Gasteiger partial charge is 0.326 e. The number of carboxylic acid groups (broad SMARTS) is 1. The van der Waals surface area contributed by atoms with E-state index in [1.165, 1.54) is 44.9 Å². The van der Waals surface area contributed by atoms with Gasteiger partial charge in [-0.1, -0.05) is 72.1 Å². The van der Waals surface area contributed by atoms with E-state index in [0.717, 1.165) is 12.8 Å². The zero-order valence-corrected chi connectivity index (χ0v) is 14.7. The second-order valence-electron chi connectivity index (χ2n) is 6.67. The molecule has 0 rings (SSSR count). The van der Waals surface area contributed by atoms with E-state index in [1.54, 1.807) is 0 Å². The maximum absolute atomic E-state index is 11.8. The third-order valence-electron chi connectivity index (χ3n) is 3.85. The molecule has 1 atom stereocenters. The largest absolute Gasteiger partial charge is 0.480 e. The maximum atomic E-state index is 11.8. The summed E-state index contributed by atoms with van der Waals surface area (Å²) in [5.74, 6) is -0.806. The Morgan fingerprint density at radius 3 is 1.86 bits per heavy atom. The van der Waals surface area contributed by atoms with Crippen LogP contribution in [0.5, 0.6) is 0 Å². The topological polar surface area (TPSA) is 66.4 Å². The van der Waals surface area contributed by atoms with Gasteiger partial charge in [0.15, 0.2) is 0 Å². The van der Waals surface area contributed by atoms with Crippen LogP contribution in [0.15, 0.2) is 0 Å². The molecule has 0 saturated carbocycles. The summed E-state index contributed by atoms with van der Waals surface area (Å²) in [6.07, 6.45) is 11.8. The van der Waals surface area contributed by atoms with Crippen molar-refractivity contribution in [3.05, 3.63) is 0 Å². The number of carboxylic acids is 1. The van der Waals surface area contributed by atoms with Crippen molar-refractivity contribution >= 4 is 11.9 Å². The first-order valence-corrected chi connectivity index (χ1v) is 8.99. The summed E-state index contributed by atoms with van der Waals surface area (Å²) in [6.45, 7) is 6.15. The normalized spacial score (nSPS) is 12.4. The Morgan fingerprint density at radius 1 is 0.909 bits per heavy atom. The molecular formula is C18H35NO3. The average molecular weight is 313 g/mol. The molecule has 0 aromatic carbocycles. The lowest BCUT2D eigenvalue weighted by atomic mass is 10.0. The molecule has 0 saturated heterocycles. The second-order valence-corrected chi connectivity index (χ2v) is 6.67. The number of nitrogens with one attached hydrogen (secondary N) is 1. The Morgan fingerprint density at radius 2 is 1.41 bits per heavy atom. The van der Waals surface area contributed by atoms with E-state index in [0.29, 0.717) is 12.8 Å². The van der Waals surface area contributed by atoms with Crippen LogP contribution in [0.4, 0.5) is 0 Å². The van der Waals surface area contributed by atoms with Crippen LogP contribution in [-0.4, -0.2) is 23.0 Å². The molecule has 0 bridgehead atoms. The molecular weight excluding hydrogens is 278 g/mol. The summed E-state index contributed by atoms with van der Waals surface area (Å²) in [5, 5.41) is 11.7. The van der Waals surface area contributed by atoms with Gasteiger partial charge in [-0.2, -0.15) is 0 Å². The minimum Gasteiger partial charge on any atom is -0.480 e. The molecule has 0 aromatic rings. The molecule has 130 valence electrons. The maximum Gasteiger partial charge on any atom is 0.326 e. The average Bonchev–Trinajstić information content (AvgIpc) is 2.44. The van der Waals surface area contributed by atoms with Gasteiger partial charge in [-0.05, 0) is 18.8 Å². The third kappa shape index (κ3) is 12.7. The van der Waals surface area contributed by atoms with Crippen molar-refractivity contribution in [1.82, 2.24) is 5.32 Å². The first kappa shape index (κ1) is 20.9. The number of hydrogen-bond acceptors (Lipinski definition) is 2. The fourth-order valence-corrected chi connectivity index (χ4v) is 2.56. The Bertz CT molecular complexity index is 303. The molecule has 2 N–H and O–H groups in total. The SMILES string of the molecule is CCCCCCCCCCCC(=O)N[C@@H](CC(C)C)C(=O)O. The monoisotopic (exact) mass is 313 g/mol. The van der Waals surface area contributed by atoms with Gasteiger partial charge >= 0.3 is 5.97 Å². The molecule has 0 unspecified atom stereocenters. The molecule has 0 fully saturated rings. The molecule has 0 aliphatic rings. The highest BCUT2D eigenvalue weighted by atomic mass is 16.4. The van der Waals surface area contributed by atoms with Crippen LogP contribution in [0.3, 0.4) is 0 Å². The van der Waals surface area contributed by atoms with Gasteiger partial charge in [-0.3, -0.25) is 4.79 Å². The van der Waals surface area contributed by atoms with Crippen LogP contribution in [0.1, 0.15) is 91.4 Å². The minimum atomic E-state index is -0.936. The summed E-state index contributed by atoms with van der Waals surface area (Å²) in [6, 6.07) is -0.744. The number of hydrogen-bond donors (Lipinski definition) is 2. The van der Waals surface area contributed by atoms with Crippen LogP contribution >= 0.6 is 0 Å². The van der Waals surface area contributed by atoms with Crippen LogP contribution in [0.2, 0.25) is 0 Å². The quantitative estimate of drug-likeness (QED) is 0.463. The Balaban J connectivity index is 3.61. The van der Waals surface area contributed by atoms with Gasteiger partial charge in [-0.15, -0.1) is 0 Å². The molecule has 4 heteroatoms. The predicted molar refractivity (Wildman–Crippen MR) is 90.9 cm³/mol. The molecule has 0 spiro atoms. The number of carbonyl (C=O) groups is 2. The predicted octanol–water partition coefficient (Wildman–Crippen LogP) is 4.52. The lowest BCUT2D eigenvalue weighted by Gasteiger charge is -2.16. The number of carbonyl (C=O) groups excluding carboxylic acids is 1. The highest BCUT2D eigenvalue weighted by molar-refractivity contribution is 5.83. The highest BCUT2D eigenvalue weighted by Crippen LogP contribution is 2.11. The fourth-order valence-electron chi connectivity index (χ4n) is 2.56. The van der Waals surface area contributed by atoms with Gasteiger partial charge in [0, 0.05) is 6.42 Å². The van der Waals surface area contributed by atoms with E-state index >= 15 is 0 Å². The van der Waals surface area contributed by atoms with Gasteiger partial charge in [0.05, 0.1) is 0 Å². The van der Waals surface area contributed by atoms with Crippen molar-refractivity contribution in [2.75, 3.05) is 0 Å². The second kappa shape index (κ2) is 13.6. The van der Waals surface area contributed by atoms with E-state index in [1.807, 2.05) is 13.8 Å². The van der Waals surface area contributed by atoms with Crippen LogP contribution in [-0.2, 0) is 9.59 Å². The first-order chi connectivity index (χ1) is 10.5. The van der Waals surface area contributed by atoms with Gasteiger partial charge < -0.3 is 10.4 Å². The van der Waals surface area contributed by atoms with Gasteiger partial charge in [0.25, 0.3) is 0 Å². The summed E-state index contributed by atoms with van der Waals surface area (Å²) in [7, 11) is 0. The zero-order valence-electron chi connectivity index (χ0n) is 14.7. The van der Waals surface area contributed by atoms with Gasteiger partial charge in [0.1, 0.15) is 6.04 Å². The van der Waals surface area contributed by atoms with E-state index in [9.17, 15) is 9.59 Å². The number of amides is 1.